The van der Waals surface area contributed by atoms with E-state index in [1.807, 2.05) is 6.92 Å². The van der Waals surface area contributed by atoms with Gasteiger partial charge in [0.05, 0.1) is 26.1 Å². The zero-order chi connectivity index (χ0) is 14.8. The Labute approximate surface area is 118 Å². The van der Waals surface area contributed by atoms with Gasteiger partial charge in [0.2, 0.25) is 17.7 Å². The van der Waals surface area contributed by atoms with Crippen molar-refractivity contribution < 1.29 is 9.47 Å². The lowest BCUT2D eigenvalue weighted by Gasteiger charge is -2.38. The summed E-state index contributed by atoms with van der Waals surface area (Å²) in [6.45, 7) is 3.54. The number of methoxy groups -OCH3 is 2. The van der Waals surface area contributed by atoms with Crippen molar-refractivity contribution in [3.05, 3.63) is 6.07 Å². The molecule has 0 radical (unpaired) electrons. The Kier molecular flexibility index (Phi) is 3.96. The third-order valence-electron chi connectivity index (χ3n) is 3.89. The topological polar surface area (TPSA) is 97.4 Å². The summed E-state index contributed by atoms with van der Waals surface area (Å²) in [4.78, 5) is 10.8. The number of anilines is 1. The van der Waals surface area contributed by atoms with E-state index in [2.05, 4.69) is 14.9 Å². The van der Waals surface area contributed by atoms with E-state index in [9.17, 15) is 0 Å². The number of ether oxygens (including phenoxy) is 2. The molecule has 1 aliphatic heterocycles. The van der Waals surface area contributed by atoms with Crippen LogP contribution in [0.25, 0.3) is 0 Å². The Morgan fingerprint density at radius 2 is 1.75 bits per heavy atom. The number of amidine groups is 1. The lowest BCUT2D eigenvalue weighted by Crippen LogP contribution is -2.45. The molecular weight excluding hydrogens is 258 g/mol. The molecule has 20 heavy (non-hydrogen) atoms. The van der Waals surface area contributed by atoms with Gasteiger partial charge in [-0.2, -0.15) is 9.97 Å². The molecule has 1 saturated heterocycles. The third kappa shape index (κ3) is 2.76. The van der Waals surface area contributed by atoms with Crippen LogP contribution in [0.5, 0.6) is 11.8 Å². The number of hydrogen-bond acceptors (Lipinski definition) is 6. The standard InChI is InChI=1S/C13H21N5O2/c1-13(11(14)15)4-6-18(7-5-13)12-16-9(19-2)8-10(17-12)20-3/h8H,4-7H2,1-3H3,(H3,14,15). The van der Waals surface area contributed by atoms with Gasteiger partial charge in [0, 0.05) is 18.5 Å². The fourth-order valence-electron chi connectivity index (χ4n) is 2.21. The SMILES string of the molecule is COc1cc(OC)nc(N2CCC(C)(C(=N)N)CC2)n1. The number of aromatic nitrogens is 2. The zero-order valence-corrected chi connectivity index (χ0v) is 12.1. The summed E-state index contributed by atoms with van der Waals surface area (Å²) < 4.78 is 10.3. The van der Waals surface area contributed by atoms with Crippen LogP contribution in [-0.4, -0.2) is 43.1 Å². The molecule has 0 saturated carbocycles. The molecule has 2 heterocycles. The second-order valence-electron chi connectivity index (χ2n) is 5.21. The van der Waals surface area contributed by atoms with Crippen molar-refractivity contribution in [3.63, 3.8) is 0 Å². The summed E-state index contributed by atoms with van der Waals surface area (Å²) in [5.41, 5.74) is 5.45. The van der Waals surface area contributed by atoms with E-state index in [4.69, 9.17) is 20.6 Å². The summed E-state index contributed by atoms with van der Waals surface area (Å²) in [6, 6.07) is 1.65. The molecule has 0 amide bonds. The highest BCUT2D eigenvalue weighted by atomic mass is 16.5. The molecule has 0 bridgehead atoms. The number of nitrogens with one attached hydrogen (secondary N) is 1. The average Bonchev–Trinajstić information content (AvgIpc) is 2.47. The van der Waals surface area contributed by atoms with Crippen LogP contribution in [0.1, 0.15) is 19.8 Å². The first-order valence-electron chi connectivity index (χ1n) is 6.55. The largest absolute Gasteiger partial charge is 0.481 e. The van der Waals surface area contributed by atoms with Crippen LogP contribution >= 0.6 is 0 Å². The molecule has 110 valence electrons. The second kappa shape index (κ2) is 5.52. The minimum absolute atomic E-state index is 0.223. The van der Waals surface area contributed by atoms with Crippen molar-refractivity contribution >= 4 is 11.8 Å². The monoisotopic (exact) mass is 279 g/mol. The lowest BCUT2D eigenvalue weighted by molar-refractivity contribution is 0.342. The smallest absolute Gasteiger partial charge is 0.231 e. The molecule has 1 aliphatic rings. The molecule has 0 unspecified atom stereocenters. The zero-order valence-electron chi connectivity index (χ0n) is 12.1. The van der Waals surface area contributed by atoms with Crippen molar-refractivity contribution in [1.29, 1.82) is 5.41 Å². The van der Waals surface area contributed by atoms with Gasteiger partial charge in [0.25, 0.3) is 0 Å². The van der Waals surface area contributed by atoms with Crippen LogP contribution in [0, 0.1) is 10.8 Å². The van der Waals surface area contributed by atoms with Gasteiger partial charge in [-0.25, -0.2) is 0 Å². The van der Waals surface area contributed by atoms with Gasteiger partial charge in [-0.1, -0.05) is 6.92 Å². The van der Waals surface area contributed by atoms with Crippen LogP contribution in [0.3, 0.4) is 0 Å². The Morgan fingerprint density at radius 3 is 2.15 bits per heavy atom. The van der Waals surface area contributed by atoms with Gasteiger partial charge < -0.3 is 20.1 Å². The number of nitrogens with two attached hydrogens (primary N) is 1. The summed E-state index contributed by atoms with van der Waals surface area (Å²) >= 11 is 0. The fourth-order valence-corrected chi connectivity index (χ4v) is 2.21. The van der Waals surface area contributed by atoms with E-state index < -0.39 is 0 Å². The minimum Gasteiger partial charge on any atom is -0.481 e. The second-order valence-corrected chi connectivity index (χ2v) is 5.21. The summed E-state index contributed by atoms with van der Waals surface area (Å²) in [5.74, 6) is 1.80. The average molecular weight is 279 g/mol. The van der Waals surface area contributed by atoms with E-state index in [0.717, 1.165) is 25.9 Å². The molecule has 1 fully saturated rings. The van der Waals surface area contributed by atoms with Crippen molar-refractivity contribution in [3.8, 4) is 11.8 Å². The van der Waals surface area contributed by atoms with Crippen LogP contribution in [-0.2, 0) is 0 Å². The maximum Gasteiger partial charge on any atom is 0.231 e. The molecule has 2 rings (SSSR count). The van der Waals surface area contributed by atoms with Crippen LogP contribution in [0.2, 0.25) is 0 Å². The van der Waals surface area contributed by atoms with E-state index in [0.29, 0.717) is 17.7 Å². The summed E-state index contributed by atoms with van der Waals surface area (Å²) in [5, 5.41) is 7.67. The Balaban J connectivity index is 2.16. The Morgan fingerprint density at radius 1 is 1.25 bits per heavy atom. The molecule has 0 aromatic carbocycles. The maximum atomic E-state index is 7.67. The molecule has 1 aromatic rings. The van der Waals surface area contributed by atoms with Gasteiger partial charge in [0.15, 0.2) is 0 Å². The number of piperidine rings is 1. The number of hydrogen-bond donors (Lipinski definition) is 2. The van der Waals surface area contributed by atoms with E-state index in [1.54, 1.807) is 20.3 Å². The fraction of sp³-hybridized carbons (Fsp3) is 0.615. The molecule has 0 spiro atoms. The summed E-state index contributed by atoms with van der Waals surface area (Å²) in [7, 11) is 3.13. The molecule has 7 nitrogen and oxygen atoms in total. The van der Waals surface area contributed by atoms with Gasteiger partial charge in [-0.3, -0.25) is 5.41 Å². The van der Waals surface area contributed by atoms with E-state index in [1.165, 1.54) is 0 Å². The first-order chi connectivity index (χ1) is 9.48. The molecular formula is C13H21N5O2. The lowest BCUT2D eigenvalue weighted by atomic mass is 9.79. The van der Waals surface area contributed by atoms with E-state index >= 15 is 0 Å². The van der Waals surface area contributed by atoms with E-state index in [-0.39, 0.29) is 11.3 Å². The van der Waals surface area contributed by atoms with Gasteiger partial charge >= 0.3 is 0 Å². The highest BCUT2D eigenvalue weighted by molar-refractivity contribution is 5.83. The first kappa shape index (κ1) is 14.4. The summed E-state index contributed by atoms with van der Waals surface area (Å²) in [6.07, 6.45) is 1.62. The predicted molar refractivity (Wildman–Crippen MR) is 76.6 cm³/mol. The quantitative estimate of drug-likeness (QED) is 0.631. The van der Waals surface area contributed by atoms with Gasteiger partial charge in [-0.05, 0) is 12.8 Å². The van der Waals surface area contributed by atoms with Crippen LogP contribution in [0.4, 0.5) is 5.95 Å². The van der Waals surface area contributed by atoms with Gasteiger partial charge in [-0.15, -0.1) is 0 Å². The maximum absolute atomic E-state index is 7.67. The van der Waals surface area contributed by atoms with Crippen molar-refractivity contribution in [2.45, 2.75) is 19.8 Å². The Bertz CT molecular complexity index is 475. The van der Waals surface area contributed by atoms with Crippen molar-refractivity contribution in [1.82, 2.24) is 9.97 Å². The highest BCUT2D eigenvalue weighted by Crippen LogP contribution is 2.32. The molecule has 0 atom stereocenters. The minimum atomic E-state index is -0.223. The Hall–Kier alpha value is -2.05. The number of rotatable bonds is 4. The first-order valence-corrected chi connectivity index (χ1v) is 6.55. The van der Waals surface area contributed by atoms with Crippen LogP contribution in [0.15, 0.2) is 6.07 Å². The van der Waals surface area contributed by atoms with Gasteiger partial charge in [0.1, 0.15) is 0 Å². The molecule has 1 aromatic heterocycles. The van der Waals surface area contributed by atoms with Crippen molar-refractivity contribution in [2.24, 2.45) is 11.1 Å². The molecule has 0 aliphatic carbocycles. The number of nitrogens with zero attached hydrogens (tertiary/aromatic N) is 3. The normalized spacial score (nSPS) is 17.6. The highest BCUT2D eigenvalue weighted by Gasteiger charge is 2.33. The third-order valence-corrected chi connectivity index (χ3v) is 3.89. The van der Waals surface area contributed by atoms with Crippen molar-refractivity contribution in [2.75, 3.05) is 32.2 Å². The molecule has 3 N–H and O–H groups in total. The molecule has 7 heteroatoms. The predicted octanol–water partition coefficient (Wildman–Crippen LogP) is 1.04. The van der Waals surface area contributed by atoms with Crippen LogP contribution < -0.4 is 20.1 Å².